The SMILES string of the molecule is O=C(O)[C@@H]1[C@H]2C[C@@H]3[C@H](OC(=O)[C@@H]31)[C@H]2Sc1ccccc1. The van der Waals surface area contributed by atoms with Gasteiger partial charge in [-0.05, 0) is 24.5 Å². The lowest BCUT2D eigenvalue weighted by molar-refractivity contribution is -0.151. The Hall–Kier alpha value is -1.49. The van der Waals surface area contributed by atoms with Gasteiger partial charge in [-0.1, -0.05) is 18.2 Å². The third-order valence-corrected chi connectivity index (χ3v) is 6.28. The smallest absolute Gasteiger partial charge is 0.310 e. The van der Waals surface area contributed by atoms with Crippen molar-refractivity contribution < 1.29 is 19.4 Å². The van der Waals surface area contributed by atoms with Crippen molar-refractivity contribution in [2.24, 2.45) is 23.7 Å². The Kier molecular flexibility index (Phi) is 2.61. The van der Waals surface area contributed by atoms with Crippen LogP contribution in [0, 0.1) is 23.7 Å². The molecule has 4 nitrogen and oxygen atoms in total. The summed E-state index contributed by atoms with van der Waals surface area (Å²) in [5, 5.41) is 9.52. The van der Waals surface area contributed by atoms with Crippen molar-refractivity contribution in [1.29, 1.82) is 0 Å². The second-order valence-corrected chi connectivity index (χ2v) is 7.00. The molecule has 20 heavy (non-hydrogen) atoms. The standard InChI is InChI=1S/C15H14O4S/c16-14(17)10-9-6-8-11(10)15(18)19-12(8)13(9)20-7-4-2-1-3-5-7/h1-5,8-13H,6H2,(H,16,17)/t8-,9+,10+,11-,12-,13-/m0/s1. The average Bonchev–Trinajstić information content (AvgIpc) is 3.03. The molecular formula is C15H14O4S. The molecule has 1 aromatic carbocycles. The van der Waals surface area contributed by atoms with Gasteiger partial charge in [-0.2, -0.15) is 0 Å². The second kappa shape index (κ2) is 4.25. The monoisotopic (exact) mass is 290 g/mol. The minimum Gasteiger partial charge on any atom is -0.481 e. The summed E-state index contributed by atoms with van der Waals surface area (Å²) in [6.07, 6.45) is 0.709. The molecule has 0 spiro atoms. The Labute approximate surface area is 120 Å². The average molecular weight is 290 g/mol. The zero-order valence-electron chi connectivity index (χ0n) is 10.6. The number of carbonyl (C=O) groups excluding carboxylic acids is 1. The maximum atomic E-state index is 11.9. The number of hydrogen-bond acceptors (Lipinski definition) is 4. The van der Waals surface area contributed by atoms with Crippen LogP contribution in [0.5, 0.6) is 0 Å². The van der Waals surface area contributed by atoms with E-state index in [2.05, 4.69) is 0 Å². The Morgan fingerprint density at radius 2 is 2.00 bits per heavy atom. The number of ether oxygens (including phenoxy) is 1. The summed E-state index contributed by atoms with van der Waals surface area (Å²) >= 11 is 1.66. The molecule has 5 heteroatoms. The van der Waals surface area contributed by atoms with E-state index in [0.717, 1.165) is 11.3 Å². The molecule has 0 unspecified atom stereocenters. The second-order valence-electron chi connectivity index (χ2n) is 5.75. The molecular weight excluding hydrogens is 276 g/mol. The summed E-state index contributed by atoms with van der Waals surface area (Å²) in [7, 11) is 0. The molecule has 0 amide bonds. The van der Waals surface area contributed by atoms with Crippen molar-refractivity contribution in [3.63, 3.8) is 0 Å². The number of benzene rings is 1. The van der Waals surface area contributed by atoms with Gasteiger partial charge >= 0.3 is 11.9 Å². The number of carboxylic acids is 1. The van der Waals surface area contributed by atoms with Crippen molar-refractivity contribution in [2.75, 3.05) is 0 Å². The fourth-order valence-electron chi connectivity index (χ4n) is 4.14. The van der Waals surface area contributed by atoms with Crippen LogP contribution >= 0.6 is 11.8 Å². The van der Waals surface area contributed by atoms with Crippen molar-refractivity contribution in [1.82, 2.24) is 0 Å². The molecule has 2 aliphatic carbocycles. The molecule has 1 aliphatic heterocycles. The molecule has 1 heterocycles. The highest BCUT2D eigenvalue weighted by Gasteiger charge is 2.68. The summed E-state index contributed by atoms with van der Waals surface area (Å²) in [5.41, 5.74) is 0. The van der Waals surface area contributed by atoms with E-state index < -0.39 is 17.8 Å². The Bertz CT molecular complexity index is 572. The third kappa shape index (κ3) is 1.56. The van der Waals surface area contributed by atoms with Gasteiger partial charge in [0.15, 0.2) is 0 Å². The minimum atomic E-state index is -0.849. The molecule has 2 saturated carbocycles. The molecule has 1 N–H and O–H groups in total. The summed E-state index contributed by atoms with van der Waals surface area (Å²) in [4.78, 5) is 24.5. The van der Waals surface area contributed by atoms with Gasteiger partial charge in [0.2, 0.25) is 0 Å². The van der Waals surface area contributed by atoms with E-state index in [1.54, 1.807) is 11.8 Å². The Balaban J connectivity index is 1.66. The third-order valence-electron chi connectivity index (χ3n) is 4.85. The van der Waals surface area contributed by atoms with Crippen LogP contribution in [0.25, 0.3) is 0 Å². The minimum absolute atomic E-state index is 0.0455. The van der Waals surface area contributed by atoms with Crippen LogP contribution in [0.2, 0.25) is 0 Å². The largest absolute Gasteiger partial charge is 0.481 e. The predicted octanol–water partition coefficient (Wildman–Crippen LogP) is 2.04. The van der Waals surface area contributed by atoms with Gasteiger partial charge in [-0.25, -0.2) is 0 Å². The lowest BCUT2D eigenvalue weighted by Crippen LogP contribution is -2.39. The number of fused-ring (bicyclic) bond motifs is 1. The number of rotatable bonds is 3. The summed E-state index contributed by atoms with van der Waals surface area (Å²) in [5.74, 6) is -1.97. The lowest BCUT2D eigenvalue weighted by Gasteiger charge is -2.29. The first-order valence-electron chi connectivity index (χ1n) is 6.82. The lowest BCUT2D eigenvalue weighted by atomic mass is 9.80. The molecule has 3 fully saturated rings. The van der Waals surface area contributed by atoms with Gasteiger partial charge in [0, 0.05) is 10.8 Å². The van der Waals surface area contributed by atoms with Crippen molar-refractivity contribution in [3.8, 4) is 0 Å². The van der Waals surface area contributed by atoms with Gasteiger partial charge in [-0.15, -0.1) is 11.8 Å². The molecule has 3 aliphatic rings. The van der Waals surface area contributed by atoms with Crippen LogP contribution in [0.15, 0.2) is 35.2 Å². The van der Waals surface area contributed by atoms with Gasteiger partial charge in [0.05, 0.1) is 17.1 Å². The molecule has 6 atom stereocenters. The fourth-order valence-corrected chi connectivity index (χ4v) is 5.62. The Morgan fingerprint density at radius 1 is 1.25 bits per heavy atom. The first kappa shape index (κ1) is 12.3. The van der Waals surface area contributed by atoms with Crippen LogP contribution in [-0.4, -0.2) is 28.4 Å². The zero-order valence-corrected chi connectivity index (χ0v) is 11.5. The van der Waals surface area contributed by atoms with Crippen LogP contribution in [0.1, 0.15) is 6.42 Å². The van der Waals surface area contributed by atoms with Crippen molar-refractivity contribution in [2.45, 2.75) is 22.7 Å². The van der Waals surface area contributed by atoms with Crippen LogP contribution in [0.4, 0.5) is 0 Å². The molecule has 4 rings (SSSR count). The number of carbonyl (C=O) groups is 2. The highest BCUT2D eigenvalue weighted by atomic mass is 32.2. The van der Waals surface area contributed by atoms with E-state index >= 15 is 0 Å². The van der Waals surface area contributed by atoms with Crippen LogP contribution in [-0.2, 0) is 14.3 Å². The highest BCUT2D eigenvalue weighted by Crippen LogP contribution is 2.61. The van der Waals surface area contributed by atoms with E-state index in [9.17, 15) is 14.7 Å². The van der Waals surface area contributed by atoms with E-state index in [1.807, 2.05) is 30.3 Å². The zero-order chi connectivity index (χ0) is 13.9. The maximum absolute atomic E-state index is 11.9. The van der Waals surface area contributed by atoms with E-state index in [1.165, 1.54) is 0 Å². The van der Waals surface area contributed by atoms with Crippen molar-refractivity contribution >= 4 is 23.7 Å². The normalized spacial score (nSPS) is 40.9. The summed E-state index contributed by atoms with van der Waals surface area (Å²) in [6, 6.07) is 9.92. The number of carboxylic acid groups (broad SMARTS) is 1. The van der Waals surface area contributed by atoms with Gasteiger partial charge in [0.1, 0.15) is 6.10 Å². The van der Waals surface area contributed by atoms with E-state index in [-0.39, 0.29) is 29.2 Å². The highest BCUT2D eigenvalue weighted by molar-refractivity contribution is 8.00. The molecule has 1 aromatic rings. The first-order valence-corrected chi connectivity index (χ1v) is 7.70. The molecule has 2 bridgehead atoms. The summed E-state index contributed by atoms with van der Waals surface area (Å²) in [6.45, 7) is 0. The Morgan fingerprint density at radius 3 is 2.70 bits per heavy atom. The number of esters is 1. The van der Waals surface area contributed by atoms with Gasteiger partial charge in [-0.3, -0.25) is 9.59 Å². The number of aliphatic carboxylic acids is 1. The molecule has 0 aromatic heterocycles. The topological polar surface area (TPSA) is 63.6 Å². The van der Waals surface area contributed by atoms with Crippen LogP contribution < -0.4 is 0 Å². The fraction of sp³-hybridized carbons (Fsp3) is 0.467. The predicted molar refractivity (Wildman–Crippen MR) is 72.2 cm³/mol. The number of thioether (sulfide) groups is 1. The maximum Gasteiger partial charge on any atom is 0.310 e. The van der Waals surface area contributed by atoms with Crippen LogP contribution in [0.3, 0.4) is 0 Å². The number of hydrogen-bond donors (Lipinski definition) is 1. The van der Waals surface area contributed by atoms with E-state index in [0.29, 0.717) is 0 Å². The quantitative estimate of drug-likeness (QED) is 0.863. The first-order chi connectivity index (χ1) is 9.66. The molecule has 104 valence electrons. The van der Waals surface area contributed by atoms with Gasteiger partial charge < -0.3 is 9.84 Å². The van der Waals surface area contributed by atoms with Crippen molar-refractivity contribution in [3.05, 3.63) is 30.3 Å². The van der Waals surface area contributed by atoms with E-state index in [4.69, 9.17) is 4.74 Å². The molecule has 0 radical (unpaired) electrons. The van der Waals surface area contributed by atoms with Gasteiger partial charge in [0.25, 0.3) is 0 Å². The summed E-state index contributed by atoms with van der Waals surface area (Å²) < 4.78 is 5.48. The molecule has 1 saturated heterocycles.